The van der Waals surface area contributed by atoms with Gasteiger partial charge < -0.3 is 29.3 Å². The van der Waals surface area contributed by atoms with E-state index in [-0.39, 0.29) is 62.0 Å². The molecule has 8 rings (SSSR count). The van der Waals surface area contributed by atoms with Gasteiger partial charge in [-0.15, -0.1) is 6.58 Å². The largest absolute Gasteiger partial charge is 0.492 e. The van der Waals surface area contributed by atoms with Crippen LogP contribution in [0.1, 0.15) is 75.3 Å². The van der Waals surface area contributed by atoms with Gasteiger partial charge in [-0.1, -0.05) is 85.6 Å². The van der Waals surface area contributed by atoms with E-state index >= 15 is 8.42 Å². The third-order valence-electron chi connectivity index (χ3n) is 13.1. The number of rotatable bonds is 23. The maximum atomic E-state index is 15.6. The van der Waals surface area contributed by atoms with Gasteiger partial charge in [0.05, 0.1) is 29.8 Å². The summed E-state index contributed by atoms with van der Waals surface area (Å²) in [5, 5.41) is 25.6. The molecule has 2 N–H and O–H groups in total. The molecule has 12 nitrogen and oxygen atoms in total. The molecule has 0 spiro atoms. The molecule has 4 aliphatic rings. The number of benzene rings is 3. The molecule has 13 heteroatoms. The molecule has 3 aromatic carbocycles. The normalized spacial score (nSPS) is 24.7. The van der Waals surface area contributed by atoms with Crippen LogP contribution in [0.5, 0.6) is 11.5 Å². The lowest BCUT2D eigenvalue weighted by Gasteiger charge is -2.59. The Hall–Kier alpha value is -4.63. The molecule has 3 heterocycles. The summed E-state index contributed by atoms with van der Waals surface area (Å²) in [5.74, 6) is -0.851. The maximum absolute atomic E-state index is 15.6. The maximum Gasteiger partial charge on any atom is 0.245 e. The highest BCUT2D eigenvalue weighted by atomic mass is 32.2. The summed E-state index contributed by atoms with van der Waals surface area (Å²) in [6, 6.07) is 23.9. The zero-order chi connectivity index (χ0) is 43.8. The number of aliphatic hydroxyl groups is 2. The predicted octanol–water partition coefficient (Wildman–Crippen LogP) is 7.86. The first kappa shape index (κ1) is 45.0. The first-order valence-electron chi connectivity index (χ1n) is 22.8. The van der Waals surface area contributed by atoms with E-state index in [0.29, 0.717) is 42.8 Å². The fourth-order valence-corrected chi connectivity index (χ4v) is 12.0. The fraction of sp³-hybridized carbons (Fsp3) is 0.480. The molecule has 2 aliphatic carbocycles. The number of ether oxygens (including phenoxy) is 3. The Kier molecular flexibility index (Phi) is 14.6. The summed E-state index contributed by atoms with van der Waals surface area (Å²) in [7, 11) is -4.27. The number of unbranched alkanes of at least 4 members (excludes halogenated alkanes) is 2. The Balaban J connectivity index is 1.34. The smallest absolute Gasteiger partial charge is 0.245 e. The summed E-state index contributed by atoms with van der Waals surface area (Å²) in [4.78, 5) is 13.3. The van der Waals surface area contributed by atoms with E-state index in [1.807, 2.05) is 61.5 Å². The van der Waals surface area contributed by atoms with Crippen LogP contribution in [-0.2, 0) is 26.2 Å². The van der Waals surface area contributed by atoms with Gasteiger partial charge in [-0.2, -0.15) is 4.31 Å². The number of nitrogens with zero attached hydrogens (tertiary/aromatic N) is 4. The average molecular weight is 879 g/mol. The van der Waals surface area contributed by atoms with Crippen LogP contribution in [0.2, 0.25) is 0 Å². The van der Waals surface area contributed by atoms with E-state index in [0.717, 1.165) is 73.2 Å². The molecule has 4 aromatic rings. The summed E-state index contributed by atoms with van der Waals surface area (Å²) < 4.78 is 53.6. The minimum atomic E-state index is -4.27. The molecule has 0 amide bonds. The van der Waals surface area contributed by atoms with Gasteiger partial charge in [-0.3, -0.25) is 9.88 Å². The molecule has 2 aliphatic heterocycles. The van der Waals surface area contributed by atoms with E-state index in [1.165, 1.54) is 0 Å². The van der Waals surface area contributed by atoms with Crippen molar-refractivity contribution in [2.75, 3.05) is 52.6 Å². The number of oxime groups is 1. The number of pyridine rings is 1. The number of allylic oxidation sites excluding steroid dienone is 1. The Morgan fingerprint density at radius 1 is 1.00 bits per heavy atom. The molecule has 6 atom stereocenters. The molecule has 0 bridgehead atoms. The summed E-state index contributed by atoms with van der Waals surface area (Å²) in [6.07, 6.45) is 10.9. The first-order chi connectivity index (χ1) is 30.8. The molecule has 1 aromatic heterocycles. The monoisotopic (exact) mass is 878 g/mol. The number of aliphatic hydroxyl groups excluding tert-OH is 2. The van der Waals surface area contributed by atoms with Crippen molar-refractivity contribution in [1.82, 2.24) is 14.2 Å². The van der Waals surface area contributed by atoms with Crippen LogP contribution in [0.4, 0.5) is 0 Å². The molecular formula is C50H62N4O8S. The minimum absolute atomic E-state index is 0.0370. The van der Waals surface area contributed by atoms with Crippen molar-refractivity contribution in [3.8, 4) is 11.5 Å². The van der Waals surface area contributed by atoms with E-state index in [1.54, 1.807) is 34.8 Å². The SMILES string of the molecule is C=CCO[C@@]12Oc3ccc(OCCN4CC4)cc3[C@H]3[C@H](CCCCO)[C@@H](CCCCO)C=C(C(=NOCc4ccccc4)C[C@@H]1N(CCC)S(=O)(=O)c1cccc4cccnc14)[C@H]32. The Bertz CT molecular complexity index is 2350. The van der Waals surface area contributed by atoms with Crippen LogP contribution in [0.25, 0.3) is 10.9 Å². The standard InChI is InChI=1S/C50H62N4O8S/c1-3-24-54(63(57,58)45-20-12-17-37-18-13-23-51-49(37)45)46-34-43(52-61-35-36-14-6-5-7-15-36)41-32-38(16-8-10-28-55)40(19-9-11-29-56)47-42-33-39(59-31-27-53-25-26-53)21-22-44(42)62-50(46,48(41)47)60-30-4-2/h4-7,12-15,17-18,20-23,32-33,38,40,46-48,55-56H,2-3,8-11,16,19,24-31,34-35H2,1H3/t38-,40+,46-,47+,48+,50+/m0/s1. The van der Waals surface area contributed by atoms with Crippen molar-refractivity contribution in [2.24, 2.45) is 22.9 Å². The second kappa shape index (κ2) is 20.5. The third-order valence-corrected chi connectivity index (χ3v) is 15.0. The third kappa shape index (κ3) is 9.60. The molecule has 0 radical (unpaired) electrons. The Morgan fingerprint density at radius 3 is 2.56 bits per heavy atom. The minimum Gasteiger partial charge on any atom is -0.492 e. The quantitative estimate of drug-likeness (QED) is 0.0327. The van der Waals surface area contributed by atoms with E-state index in [4.69, 9.17) is 24.2 Å². The summed E-state index contributed by atoms with van der Waals surface area (Å²) >= 11 is 0. The number of sulfonamides is 1. The van der Waals surface area contributed by atoms with Gasteiger partial charge in [0.2, 0.25) is 15.8 Å². The van der Waals surface area contributed by atoms with E-state index in [9.17, 15) is 10.2 Å². The summed E-state index contributed by atoms with van der Waals surface area (Å²) in [5.41, 5.74) is 3.89. The fourth-order valence-electron chi connectivity index (χ4n) is 10.1. The molecular weight excluding hydrogens is 817 g/mol. The van der Waals surface area contributed by atoms with Crippen LogP contribution < -0.4 is 9.47 Å². The zero-order valence-corrected chi connectivity index (χ0v) is 37.2. The summed E-state index contributed by atoms with van der Waals surface area (Å²) in [6.45, 7) is 10.3. The molecule has 1 saturated heterocycles. The topological polar surface area (TPSA) is 143 Å². The van der Waals surface area contributed by atoms with Gasteiger partial charge in [0, 0.05) is 68.9 Å². The molecule has 0 unspecified atom stereocenters. The molecule has 1 saturated carbocycles. The molecule has 2 fully saturated rings. The highest BCUT2D eigenvalue weighted by molar-refractivity contribution is 7.89. The van der Waals surface area contributed by atoms with Gasteiger partial charge in [0.15, 0.2) is 0 Å². The second-order valence-corrected chi connectivity index (χ2v) is 19.0. The van der Waals surface area contributed by atoms with Crippen molar-refractivity contribution in [2.45, 2.75) is 87.5 Å². The number of fused-ring (bicyclic) bond motifs is 3. The zero-order valence-electron chi connectivity index (χ0n) is 36.4. The van der Waals surface area contributed by atoms with Crippen molar-refractivity contribution >= 4 is 26.6 Å². The van der Waals surface area contributed by atoms with Crippen LogP contribution >= 0.6 is 0 Å². The van der Waals surface area contributed by atoms with Crippen LogP contribution in [0, 0.1) is 17.8 Å². The van der Waals surface area contributed by atoms with Crippen molar-refractivity contribution < 1.29 is 37.7 Å². The molecule has 336 valence electrons. The van der Waals surface area contributed by atoms with Gasteiger partial charge >= 0.3 is 0 Å². The lowest BCUT2D eigenvalue weighted by Crippen LogP contribution is -2.70. The van der Waals surface area contributed by atoms with Crippen molar-refractivity contribution in [3.63, 3.8) is 0 Å². The lowest BCUT2D eigenvalue weighted by atomic mass is 9.55. The Labute approximate surface area is 372 Å². The highest BCUT2D eigenvalue weighted by Gasteiger charge is 2.66. The average Bonchev–Trinajstić information content (AvgIpc) is 4.14. The van der Waals surface area contributed by atoms with Crippen molar-refractivity contribution in [3.05, 3.63) is 120 Å². The molecule has 63 heavy (non-hydrogen) atoms. The first-order valence-corrected chi connectivity index (χ1v) is 24.2. The van der Waals surface area contributed by atoms with Crippen LogP contribution in [-0.4, -0.2) is 103 Å². The van der Waals surface area contributed by atoms with Gasteiger partial charge in [0.25, 0.3) is 0 Å². The van der Waals surface area contributed by atoms with Crippen molar-refractivity contribution in [1.29, 1.82) is 0 Å². The van der Waals surface area contributed by atoms with Gasteiger partial charge in [-0.25, -0.2) is 8.42 Å². The number of hydrogen-bond donors (Lipinski definition) is 2. The van der Waals surface area contributed by atoms with E-state index < -0.39 is 27.8 Å². The lowest BCUT2D eigenvalue weighted by molar-refractivity contribution is -0.251. The van der Waals surface area contributed by atoms with Crippen LogP contribution in [0.3, 0.4) is 0 Å². The number of para-hydroxylation sites is 1. The van der Waals surface area contributed by atoms with Gasteiger partial charge in [-0.05, 0) is 85.4 Å². The Morgan fingerprint density at radius 2 is 1.79 bits per heavy atom. The predicted molar refractivity (Wildman–Crippen MR) is 244 cm³/mol. The second-order valence-electron chi connectivity index (χ2n) is 17.2. The number of hydrogen-bond acceptors (Lipinski definition) is 11. The highest BCUT2D eigenvalue weighted by Crippen LogP contribution is 2.62. The van der Waals surface area contributed by atoms with E-state index in [2.05, 4.69) is 28.6 Å². The number of aromatic nitrogens is 1. The van der Waals surface area contributed by atoms with Crippen LogP contribution in [0.15, 0.2) is 119 Å². The van der Waals surface area contributed by atoms with Gasteiger partial charge in [0.1, 0.15) is 29.6 Å².